The number of hydrogen-bond donors (Lipinski definition) is 0. The van der Waals surface area contributed by atoms with Crippen molar-refractivity contribution < 1.29 is 28.6 Å². The number of esters is 3. The van der Waals surface area contributed by atoms with Crippen molar-refractivity contribution in [2.75, 3.05) is 13.2 Å². The minimum Gasteiger partial charge on any atom is -0.462 e. The summed E-state index contributed by atoms with van der Waals surface area (Å²) in [6.07, 6.45) is 57.3. The summed E-state index contributed by atoms with van der Waals surface area (Å²) in [5.41, 5.74) is 0. The van der Waals surface area contributed by atoms with Gasteiger partial charge >= 0.3 is 17.9 Å². The van der Waals surface area contributed by atoms with Crippen molar-refractivity contribution in [3.8, 4) is 0 Å². The van der Waals surface area contributed by atoms with Crippen molar-refractivity contribution in [1.82, 2.24) is 0 Å². The predicted molar refractivity (Wildman–Crippen MR) is 261 cm³/mol. The van der Waals surface area contributed by atoms with E-state index in [0.717, 1.165) is 70.6 Å². The van der Waals surface area contributed by atoms with Gasteiger partial charge in [0.15, 0.2) is 6.10 Å². The molecule has 0 aliphatic rings. The molecule has 0 fully saturated rings. The number of carbonyl (C=O) groups excluding carboxylic acids is 3. The minimum atomic E-state index is -0.773. The van der Waals surface area contributed by atoms with E-state index in [2.05, 4.69) is 45.1 Å². The van der Waals surface area contributed by atoms with Gasteiger partial charge in [0, 0.05) is 19.3 Å². The Morgan fingerprint density at radius 2 is 0.541 bits per heavy atom. The van der Waals surface area contributed by atoms with Gasteiger partial charge in [-0.2, -0.15) is 0 Å². The molecule has 0 saturated carbocycles. The van der Waals surface area contributed by atoms with Crippen molar-refractivity contribution in [3.05, 3.63) is 24.3 Å². The highest BCUT2D eigenvalue weighted by Crippen LogP contribution is 2.16. The number of hydrogen-bond acceptors (Lipinski definition) is 6. The first kappa shape index (κ1) is 58.9. The van der Waals surface area contributed by atoms with Crippen LogP contribution in [0.1, 0.15) is 290 Å². The molecule has 0 aliphatic carbocycles. The van der Waals surface area contributed by atoms with Gasteiger partial charge in [-0.25, -0.2) is 0 Å². The highest BCUT2D eigenvalue weighted by molar-refractivity contribution is 5.71. The average Bonchev–Trinajstić information content (AvgIpc) is 3.26. The number of carbonyl (C=O) groups is 3. The average molecular weight is 859 g/mol. The normalized spacial score (nSPS) is 12.1. The summed E-state index contributed by atoms with van der Waals surface area (Å²) >= 11 is 0. The lowest BCUT2D eigenvalue weighted by atomic mass is 10.0. The van der Waals surface area contributed by atoms with Crippen LogP contribution in [0.3, 0.4) is 0 Å². The Balaban J connectivity index is 4.36. The maximum absolute atomic E-state index is 12.8. The van der Waals surface area contributed by atoms with Gasteiger partial charge in [-0.05, 0) is 70.6 Å². The van der Waals surface area contributed by atoms with Gasteiger partial charge in [0.05, 0.1) is 0 Å². The van der Waals surface area contributed by atoms with Gasteiger partial charge in [-0.1, -0.05) is 225 Å². The Hall–Kier alpha value is -2.11. The van der Waals surface area contributed by atoms with Crippen LogP contribution in [0.25, 0.3) is 0 Å². The molecule has 0 spiro atoms. The summed E-state index contributed by atoms with van der Waals surface area (Å²) in [5.74, 6) is -0.876. The molecule has 0 bridgehead atoms. The van der Waals surface area contributed by atoms with Gasteiger partial charge in [0.25, 0.3) is 0 Å². The number of ether oxygens (including phenoxy) is 3. The zero-order valence-electron chi connectivity index (χ0n) is 40.9. The fraction of sp³-hybridized carbons (Fsp3) is 0.873. The number of unbranched alkanes of at least 4 members (excludes halogenated alkanes) is 34. The molecule has 358 valence electrons. The summed E-state index contributed by atoms with van der Waals surface area (Å²) in [6.45, 7) is 6.64. The molecular weight excluding hydrogens is 757 g/mol. The standard InChI is InChI=1S/C55H102O6/c1-4-7-10-13-16-19-22-25-27-30-33-36-39-42-45-48-54(57)60-51-52(50-59-53(56)47-44-41-38-35-32-29-24-21-18-15-12-9-6-3)61-55(58)49-46-43-40-37-34-31-28-26-23-20-17-14-11-8-5-2/h21,24-25,27,52H,4-20,22-23,26,28-51H2,1-3H3/t52-/m1/s1. The molecule has 0 N–H and O–H groups in total. The van der Waals surface area contributed by atoms with Crippen LogP contribution in [0.4, 0.5) is 0 Å². The second-order valence-corrected chi connectivity index (χ2v) is 18.1. The van der Waals surface area contributed by atoms with Crippen molar-refractivity contribution in [3.63, 3.8) is 0 Å². The Morgan fingerprint density at radius 3 is 0.836 bits per heavy atom. The first-order chi connectivity index (χ1) is 30.0. The molecule has 0 unspecified atom stereocenters. The van der Waals surface area contributed by atoms with E-state index in [4.69, 9.17) is 14.2 Å². The molecule has 0 rings (SSSR count). The van der Waals surface area contributed by atoms with E-state index >= 15 is 0 Å². The van der Waals surface area contributed by atoms with E-state index in [0.29, 0.717) is 19.3 Å². The SMILES string of the molecule is CCCCCCC=CCCCCCCCC(=O)OC[C@H](COC(=O)CCCCCCCC=CCCCCCCCC)OC(=O)CCCCCCCCCCCCCCCCC. The quantitative estimate of drug-likeness (QED) is 0.0262. The fourth-order valence-corrected chi connectivity index (χ4v) is 7.84. The lowest BCUT2D eigenvalue weighted by molar-refractivity contribution is -0.167. The van der Waals surface area contributed by atoms with Crippen molar-refractivity contribution in [1.29, 1.82) is 0 Å². The third kappa shape index (κ3) is 48.8. The van der Waals surface area contributed by atoms with Crippen LogP contribution in [0, 0.1) is 0 Å². The summed E-state index contributed by atoms with van der Waals surface area (Å²) < 4.78 is 16.8. The second kappa shape index (κ2) is 50.5. The molecule has 6 heteroatoms. The van der Waals surface area contributed by atoms with Gasteiger partial charge in [-0.15, -0.1) is 0 Å². The van der Waals surface area contributed by atoms with E-state index in [1.807, 2.05) is 0 Å². The molecule has 61 heavy (non-hydrogen) atoms. The molecule has 0 radical (unpaired) electrons. The summed E-state index contributed by atoms with van der Waals surface area (Å²) in [4.78, 5) is 38.0. The van der Waals surface area contributed by atoms with E-state index in [1.165, 1.54) is 180 Å². The summed E-state index contributed by atoms with van der Waals surface area (Å²) in [5, 5.41) is 0. The molecule has 0 aromatic heterocycles. The lowest BCUT2D eigenvalue weighted by Crippen LogP contribution is -2.30. The van der Waals surface area contributed by atoms with Crippen LogP contribution < -0.4 is 0 Å². The molecule has 0 saturated heterocycles. The monoisotopic (exact) mass is 859 g/mol. The van der Waals surface area contributed by atoms with Crippen molar-refractivity contribution in [2.24, 2.45) is 0 Å². The molecule has 0 amide bonds. The first-order valence-corrected chi connectivity index (χ1v) is 26.8. The molecule has 1 atom stereocenters. The first-order valence-electron chi connectivity index (χ1n) is 26.8. The summed E-state index contributed by atoms with van der Waals surface area (Å²) in [7, 11) is 0. The Bertz CT molecular complexity index is 989. The minimum absolute atomic E-state index is 0.0744. The van der Waals surface area contributed by atoms with Crippen LogP contribution in [0.2, 0.25) is 0 Å². The number of rotatable bonds is 49. The van der Waals surface area contributed by atoms with Crippen LogP contribution in [-0.4, -0.2) is 37.2 Å². The molecular formula is C55H102O6. The van der Waals surface area contributed by atoms with E-state index < -0.39 is 6.10 Å². The third-order valence-electron chi connectivity index (χ3n) is 11.9. The van der Waals surface area contributed by atoms with Gasteiger partial charge < -0.3 is 14.2 Å². The highest BCUT2D eigenvalue weighted by atomic mass is 16.6. The van der Waals surface area contributed by atoms with Gasteiger partial charge in [0.2, 0.25) is 0 Å². The maximum Gasteiger partial charge on any atom is 0.306 e. The zero-order valence-corrected chi connectivity index (χ0v) is 40.9. The van der Waals surface area contributed by atoms with Crippen LogP contribution in [0.5, 0.6) is 0 Å². The second-order valence-electron chi connectivity index (χ2n) is 18.1. The topological polar surface area (TPSA) is 78.9 Å². The molecule has 6 nitrogen and oxygen atoms in total. The Morgan fingerprint density at radius 1 is 0.311 bits per heavy atom. The van der Waals surface area contributed by atoms with Crippen LogP contribution in [0.15, 0.2) is 24.3 Å². The van der Waals surface area contributed by atoms with E-state index in [1.54, 1.807) is 0 Å². The van der Waals surface area contributed by atoms with Crippen LogP contribution in [-0.2, 0) is 28.6 Å². The largest absolute Gasteiger partial charge is 0.462 e. The van der Waals surface area contributed by atoms with Gasteiger partial charge in [0.1, 0.15) is 13.2 Å². The molecule has 0 aliphatic heterocycles. The smallest absolute Gasteiger partial charge is 0.306 e. The molecule has 0 aromatic rings. The highest BCUT2D eigenvalue weighted by Gasteiger charge is 2.19. The molecule has 0 aromatic carbocycles. The Labute approximate surface area is 379 Å². The summed E-state index contributed by atoms with van der Waals surface area (Å²) in [6, 6.07) is 0. The van der Waals surface area contributed by atoms with E-state index in [-0.39, 0.29) is 31.1 Å². The van der Waals surface area contributed by atoms with Crippen LogP contribution >= 0.6 is 0 Å². The maximum atomic E-state index is 12.8. The predicted octanol–water partition coefficient (Wildman–Crippen LogP) is 17.5. The van der Waals surface area contributed by atoms with Crippen molar-refractivity contribution in [2.45, 2.75) is 297 Å². The third-order valence-corrected chi connectivity index (χ3v) is 11.9. The zero-order chi connectivity index (χ0) is 44.4. The van der Waals surface area contributed by atoms with Crippen molar-refractivity contribution >= 4 is 17.9 Å². The lowest BCUT2D eigenvalue weighted by Gasteiger charge is -2.18. The van der Waals surface area contributed by atoms with E-state index in [9.17, 15) is 14.4 Å². The van der Waals surface area contributed by atoms with Gasteiger partial charge in [-0.3, -0.25) is 14.4 Å². The number of allylic oxidation sites excluding steroid dienone is 4. The fourth-order valence-electron chi connectivity index (χ4n) is 7.84. The Kier molecular flexibility index (Phi) is 48.8. The molecule has 0 heterocycles.